The molecular formula is C38H37ClFN3O3. The van der Waals surface area contributed by atoms with Crippen molar-refractivity contribution in [2.45, 2.75) is 51.6 Å². The highest BCUT2D eigenvalue weighted by molar-refractivity contribution is 6.31. The Balaban J connectivity index is 1.38. The van der Waals surface area contributed by atoms with Gasteiger partial charge in [0.25, 0.3) is 5.91 Å². The molecule has 0 saturated heterocycles. The summed E-state index contributed by atoms with van der Waals surface area (Å²) < 4.78 is 13.9. The Morgan fingerprint density at radius 2 is 1.65 bits per heavy atom. The largest absolute Gasteiger partial charge is 0.369 e. The van der Waals surface area contributed by atoms with Crippen LogP contribution in [0.1, 0.15) is 56.2 Å². The molecule has 236 valence electrons. The molecule has 4 aromatic carbocycles. The Kier molecular flexibility index (Phi) is 9.22. The minimum Gasteiger partial charge on any atom is -0.369 e. The van der Waals surface area contributed by atoms with E-state index in [-0.39, 0.29) is 23.4 Å². The van der Waals surface area contributed by atoms with Crippen LogP contribution in [0, 0.1) is 23.6 Å². The molecule has 2 aliphatic rings. The Hall–Kier alpha value is -4.49. The number of halogens is 2. The van der Waals surface area contributed by atoms with E-state index in [2.05, 4.69) is 5.32 Å². The van der Waals surface area contributed by atoms with Crippen molar-refractivity contribution in [1.82, 2.24) is 5.32 Å². The lowest BCUT2D eigenvalue weighted by Crippen LogP contribution is -2.46. The molecule has 1 heterocycles. The number of hydrogen-bond acceptors (Lipinski definition) is 3. The zero-order valence-corrected chi connectivity index (χ0v) is 26.5. The first-order valence-electron chi connectivity index (χ1n) is 15.9. The number of carbonyl (C=O) groups excluding carboxylic acids is 3. The topological polar surface area (TPSA) is 92.5 Å². The number of benzene rings is 4. The van der Waals surface area contributed by atoms with Crippen LogP contribution < -0.4 is 16.0 Å². The number of nitrogens with two attached hydrogens (primary N) is 1. The zero-order chi connectivity index (χ0) is 32.4. The molecule has 3 N–H and O–H groups in total. The minimum atomic E-state index is -0.980. The average Bonchev–Trinajstić information content (AvgIpc) is 3.90. The first kappa shape index (κ1) is 31.5. The van der Waals surface area contributed by atoms with E-state index in [9.17, 15) is 18.8 Å². The molecule has 0 radical (unpaired) electrons. The molecular weight excluding hydrogens is 601 g/mol. The second-order valence-corrected chi connectivity index (χ2v) is 12.8. The van der Waals surface area contributed by atoms with Gasteiger partial charge in [0.2, 0.25) is 11.8 Å². The van der Waals surface area contributed by atoms with Crippen molar-refractivity contribution in [2.24, 2.45) is 23.5 Å². The maximum atomic E-state index is 14.7. The first-order chi connectivity index (χ1) is 22.2. The summed E-state index contributed by atoms with van der Waals surface area (Å²) in [5.74, 6) is -2.39. The van der Waals surface area contributed by atoms with Gasteiger partial charge < -0.3 is 16.0 Å². The molecule has 46 heavy (non-hydrogen) atoms. The summed E-state index contributed by atoms with van der Waals surface area (Å²) in [4.78, 5) is 43.1. The van der Waals surface area contributed by atoms with Gasteiger partial charge in [0.05, 0.1) is 17.3 Å². The summed E-state index contributed by atoms with van der Waals surface area (Å²) in [5, 5.41) is 3.14. The molecule has 8 heteroatoms. The quantitative estimate of drug-likeness (QED) is 0.176. The Labute approximate surface area is 273 Å². The van der Waals surface area contributed by atoms with Gasteiger partial charge in [-0.1, -0.05) is 105 Å². The van der Waals surface area contributed by atoms with Crippen molar-refractivity contribution in [1.29, 1.82) is 0 Å². The number of primary amides is 1. The zero-order valence-electron chi connectivity index (χ0n) is 25.7. The van der Waals surface area contributed by atoms with Crippen LogP contribution in [-0.4, -0.2) is 17.7 Å². The summed E-state index contributed by atoms with van der Waals surface area (Å²) in [7, 11) is 0. The molecule has 6 rings (SSSR count). The van der Waals surface area contributed by atoms with Gasteiger partial charge in [-0.25, -0.2) is 4.39 Å². The third kappa shape index (κ3) is 6.56. The number of anilines is 1. The smallest absolute Gasteiger partial charge is 0.254 e. The molecule has 0 spiro atoms. The lowest BCUT2D eigenvalue weighted by molar-refractivity contribution is -0.136. The summed E-state index contributed by atoms with van der Waals surface area (Å²) in [6.07, 6.45) is 3.87. The van der Waals surface area contributed by atoms with Crippen molar-refractivity contribution in [2.75, 3.05) is 4.90 Å². The molecule has 1 saturated carbocycles. The van der Waals surface area contributed by atoms with Crippen molar-refractivity contribution in [3.63, 3.8) is 0 Å². The number of fused-ring (bicyclic) bond motifs is 3. The first-order valence-corrected chi connectivity index (χ1v) is 16.3. The number of para-hydroxylation sites is 1. The third-order valence-electron chi connectivity index (χ3n) is 9.15. The molecule has 0 bridgehead atoms. The van der Waals surface area contributed by atoms with E-state index in [0.29, 0.717) is 24.3 Å². The molecule has 3 amide bonds. The number of nitrogens with zero attached hydrogens (tertiary/aromatic N) is 1. The molecule has 6 nitrogen and oxygen atoms in total. The van der Waals surface area contributed by atoms with Crippen LogP contribution in [0.2, 0.25) is 5.02 Å². The van der Waals surface area contributed by atoms with Gasteiger partial charge in [0.15, 0.2) is 0 Å². The summed E-state index contributed by atoms with van der Waals surface area (Å²) >= 11 is 6.07. The average molecular weight is 638 g/mol. The minimum absolute atomic E-state index is 0.0355. The molecule has 1 fully saturated rings. The van der Waals surface area contributed by atoms with Crippen LogP contribution >= 0.6 is 11.6 Å². The van der Waals surface area contributed by atoms with Crippen molar-refractivity contribution >= 4 is 35.0 Å². The van der Waals surface area contributed by atoms with Crippen LogP contribution in [0.4, 0.5) is 10.1 Å². The normalized spacial score (nSPS) is 17.0. The van der Waals surface area contributed by atoms with E-state index in [4.69, 9.17) is 17.3 Å². The predicted molar refractivity (Wildman–Crippen MR) is 179 cm³/mol. The fourth-order valence-corrected chi connectivity index (χ4v) is 6.80. The lowest BCUT2D eigenvalue weighted by Gasteiger charge is -2.29. The molecule has 1 aliphatic carbocycles. The van der Waals surface area contributed by atoms with Crippen molar-refractivity contribution in [3.8, 4) is 22.3 Å². The Morgan fingerprint density at radius 3 is 2.37 bits per heavy atom. The van der Waals surface area contributed by atoms with Gasteiger partial charge in [-0.2, -0.15) is 0 Å². The van der Waals surface area contributed by atoms with Gasteiger partial charge in [-0.15, -0.1) is 0 Å². The predicted octanol–water partition coefficient (Wildman–Crippen LogP) is 7.84. The van der Waals surface area contributed by atoms with E-state index < -0.39 is 29.6 Å². The van der Waals surface area contributed by atoms with Gasteiger partial charge in [-0.3, -0.25) is 14.4 Å². The summed E-state index contributed by atoms with van der Waals surface area (Å²) in [5.41, 5.74) is 11.4. The van der Waals surface area contributed by atoms with Crippen molar-refractivity contribution in [3.05, 3.63) is 113 Å². The van der Waals surface area contributed by atoms with E-state index in [0.717, 1.165) is 52.8 Å². The summed E-state index contributed by atoms with van der Waals surface area (Å²) in [6.45, 7) is 2.20. The Morgan fingerprint density at radius 1 is 0.935 bits per heavy atom. The number of amides is 3. The third-order valence-corrected chi connectivity index (χ3v) is 9.44. The van der Waals surface area contributed by atoms with Crippen LogP contribution in [0.5, 0.6) is 0 Å². The highest BCUT2D eigenvalue weighted by Gasteiger charge is 2.40. The fourth-order valence-electron chi connectivity index (χ4n) is 6.62. The number of hydrogen-bond donors (Lipinski definition) is 2. The Bertz CT molecular complexity index is 1790. The molecule has 4 aromatic rings. The highest BCUT2D eigenvalue weighted by atomic mass is 35.5. The number of carbonyl (C=O) groups is 3. The lowest BCUT2D eigenvalue weighted by atomic mass is 9.83. The van der Waals surface area contributed by atoms with Gasteiger partial charge in [-0.05, 0) is 70.8 Å². The van der Waals surface area contributed by atoms with E-state index in [1.54, 1.807) is 17.0 Å². The second-order valence-electron chi connectivity index (χ2n) is 12.4. The van der Waals surface area contributed by atoms with Crippen LogP contribution in [0.15, 0.2) is 91.0 Å². The molecule has 3 atom stereocenters. The molecule has 1 unspecified atom stereocenters. The molecule has 1 aliphatic heterocycles. The maximum Gasteiger partial charge on any atom is 0.254 e. The molecule has 0 aromatic heterocycles. The van der Waals surface area contributed by atoms with E-state index in [1.807, 2.05) is 79.7 Å². The van der Waals surface area contributed by atoms with Crippen LogP contribution in [-0.2, 0) is 20.9 Å². The van der Waals surface area contributed by atoms with Gasteiger partial charge in [0.1, 0.15) is 11.9 Å². The summed E-state index contributed by atoms with van der Waals surface area (Å²) in [6, 6.07) is 26.7. The number of nitrogens with one attached hydrogen (secondary N) is 1. The maximum absolute atomic E-state index is 14.7. The van der Waals surface area contributed by atoms with Crippen molar-refractivity contribution < 1.29 is 18.8 Å². The standard InChI is InChI=1S/C38H37ClFN3O3/c1-2-8-30(36(41)44)31(20-23-15-16-23)37(45)42-35-29-13-4-3-11-27(29)28-12-5-6-14-34(28)43(38(35)46)22-24-9-7-10-25(19-24)26-17-18-33(40)32(39)21-26/h3-7,9-14,17-19,21,23,30-31,35H,2,8,15-16,20,22H2,1H3,(H2,41,44)(H,42,45)/t30-,31+,35?/m0/s1. The van der Waals surface area contributed by atoms with E-state index >= 15 is 0 Å². The van der Waals surface area contributed by atoms with E-state index in [1.165, 1.54) is 6.07 Å². The van der Waals surface area contributed by atoms with Crippen LogP contribution in [0.3, 0.4) is 0 Å². The number of rotatable bonds is 11. The highest BCUT2D eigenvalue weighted by Crippen LogP contribution is 2.42. The van der Waals surface area contributed by atoms with Gasteiger partial charge in [0, 0.05) is 17.4 Å². The monoisotopic (exact) mass is 637 g/mol. The van der Waals surface area contributed by atoms with Crippen LogP contribution in [0.25, 0.3) is 22.3 Å². The SMILES string of the molecule is CCC[C@H](C(N)=O)[C@@H](CC1CC1)C(=O)NC1C(=O)N(Cc2cccc(-c3ccc(F)c(Cl)c3)c2)c2ccccc2-c2ccccc21. The fraction of sp³-hybridized carbons (Fsp3) is 0.289. The second kappa shape index (κ2) is 13.5. The van der Waals surface area contributed by atoms with Gasteiger partial charge >= 0.3 is 0 Å².